The van der Waals surface area contributed by atoms with Crippen LogP contribution in [0.15, 0.2) is 12.3 Å². The molecule has 90 valence electrons. The minimum absolute atomic E-state index is 0.516. The molecule has 0 aromatic carbocycles. The van der Waals surface area contributed by atoms with E-state index in [0.717, 1.165) is 18.8 Å². The first-order valence-electron chi connectivity index (χ1n) is 5.96. The van der Waals surface area contributed by atoms with Crippen LogP contribution in [0.2, 0.25) is 0 Å². The Hall–Kier alpha value is -1.09. The highest BCUT2D eigenvalue weighted by molar-refractivity contribution is 5.54. The Balaban J connectivity index is 3.11. The number of nitrogens with zero attached hydrogens (tertiary/aromatic N) is 2. The summed E-state index contributed by atoms with van der Waals surface area (Å²) >= 11 is 0. The van der Waals surface area contributed by atoms with E-state index in [9.17, 15) is 0 Å². The van der Waals surface area contributed by atoms with Gasteiger partial charge < -0.3 is 10.2 Å². The van der Waals surface area contributed by atoms with Crippen LogP contribution >= 0.6 is 0 Å². The number of nitrogens with one attached hydrogen (secondary N) is 1. The first-order chi connectivity index (χ1) is 7.60. The van der Waals surface area contributed by atoms with Gasteiger partial charge in [-0.05, 0) is 40.8 Å². The van der Waals surface area contributed by atoms with Crippen LogP contribution < -0.4 is 10.2 Å². The van der Waals surface area contributed by atoms with Gasteiger partial charge in [0.2, 0.25) is 0 Å². The number of hydrogen-bond donors (Lipinski definition) is 1. The number of rotatable bonds is 5. The van der Waals surface area contributed by atoms with Gasteiger partial charge in [-0.25, -0.2) is 0 Å². The lowest BCUT2D eigenvalue weighted by molar-refractivity contribution is 0.692. The van der Waals surface area contributed by atoms with E-state index in [1.807, 2.05) is 20.2 Å². The van der Waals surface area contributed by atoms with E-state index in [2.05, 4.69) is 42.0 Å². The third-order valence-electron chi connectivity index (χ3n) is 2.74. The van der Waals surface area contributed by atoms with Gasteiger partial charge in [-0.3, -0.25) is 4.98 Å². The van der Waals surface area contributed by atoms with E-state index in [0.29, 0.717) is 6.04 Å². The van der Waals surface area contributed by atoms with Crippen molar-refractivity contribution in [2.45, 2.75) is 40.3 Å². The molecule has 0 atom stereocenters. The van der Waals surface area contributed by atoms with Crippen molar-refractivity contribution in [3.8, 4) is 0 Å². The molecular weight excluding hydrogens is 198 g/mol. The second kappa shape index (κ2) is 5.85. The van der Waals surface area contributed by atoms with E-state index >= 15 is 0 Å². The second-order valence-electron chi connectivity index (χ2n) is 4.36. The number of aryl methyl sites for hydroxylation is 1. The highest BCUT2D eigenvalue weighted by Crippen LogP contribution is 2.22. The number of hydrogen-bond acceptors (Lipinski definition) is 3. The van der Waals surface area contributed by atoms with Gasteiger partial charge in [-0.2, -0.15) is 0 Å². The Bertz CT molecular complexity index is 334. The van der Waals surface area contributed by atoms with Gasteiger partial charge in [0.05, 0.1) is 0 Å². The van der Waals surface area contributed by atoms with Gasteiger partial charge in [0.15, 0.2) is 0 Å². The molecule has 0 radical (unpaired) electrons. The summed E-state index contributed by atoms with van der Waals surface area (Å²) in [5, 5.41) is 3.20. The zero-order valence-corrected chi connectivity index (χ0v) is 11.0. The third kappa shape index (κ3) is 2.95. The Morgan fingerprint density at radius 1 is 1.44 bits per heavy atom. The van der Waals surface area contributed by atoms with Crippen LogP contribution in [0.25, 0.3) is 0 Å². The Morgan fingerprint density at radius 2 is 2.12 bits per heavy atom. The fourth-order valence-corrected chi connectivity index (χ4v) is 1.98. The number of anilines is 1. The molecule has 16 heavy (non-hydrogen) atoms. The van der Waals surface area contributed by atoms with Crippen LogP contribution in [0.5, 0.6) is 0 Å². The SMILES string of the molecule is CCN(c1cc(C)ncc1CNC)C(C)C. The minimum atomic E-state index is 0.516. The molecule has 0 fully saturated rings. The van der Waals surface area contributed by atoms with Gasteiger partial charge in [-0.15, -0.1) is 0 Å². The monoisotopic (exact) mass is 221 g/mol. The van der Waals surface area contributed by atoms with Crippen molar-refractivity contribution in [1.29, 1.82) is 0 Å². The van der Waals surface area contributed by atoms with Crippen molar-refractivity contribution in [3.05, 3.63) is 23.5 Å². The normalized spacial score (nSPS) is 10.9. The molecule has 1 rings (SSSR count). The van der Waals surface area contributed by atoms with Crippen LogP contribution in [0.3, 0.4) is 0 Å². The minimum Gasteiger partial charge on any atom is -0.369 e. The molecule has 1 heterocycles. The molecule has 0 bridgehead atoms. The van der Waals surface area contributed by atoms with Crippen LogP contribution in [0.4, 0.5) is 5.69 Å². The Morgan fingerprint density at radius 3 is 2.62 bits per heavy atom. The molecule has 0 saturated heterocycles. The van der Waals surface area contributed by atoms with Crippen molar-refractivity contribution in [2.24, 2.45) is 0 Å². The Kier molecular flexibility index (Phi) is 4.74. The van der Waals surface area contributed by atoms with Gasteiger partial charge in [0.25, 0.3) is 0 Å². The van der Waals surface area contributed by atoms with E-state index in [1.54, 1.807) is 0 Å². The third-order valence-corrected chi connectivity index (χ3v) is 2.74. The first-order valence-corrected chi connectivity index (χ1v) is 5.96. The van der Waals surface area contributed by atoms with E-state index in [4.69, 9.17) is 0 Å². The quantitative estimate of drug-likeness (QED) is 0.827. The molecule has 1 aromatic heterocycles. The molecular formula is C13H23N3. The fourth-order valence-electron chi connectivity index (χ4n) is 1.98. The molecule has 1 aromatic rings. The average molecular weight is 221 g/mol. The lowest BCUT2D eigenvalue weighted by Crippen LogP contribution is -2.31. The van der Waals surface area contributed by atoms with E-state index in [-0.39, 0.29) is 0 Å². The summed E-state index contributed by atoms with van der Waals surface area (Å²) in [5.74, 6) is 0. The standard InChI is InChI=1S/C13H23N3/c1-6-16(10(2)3)13-7-11(4)15-9-12(13)8-14-5/h7,9-10,14H,6,8H2,1-5H3. The topological polar surface area (TPSA) is 28.2 Å². The van der Waals surface area contributed by atoms with Gasteiger partial charge in [0, 0.05) is 42.3 Å². The molecule has 0 saturated carbocycles. The van der Waals surface area contributed by atoms with Crippen LogP contribution in [-0.2, 0) is 6.54 Å². The maximum atomic E-state index is 4.37. The maximum absolute atomic E-state index is 4.37. The zero-order chi connectivity index (χ0) is 12.1. The molecule has 0 spiro atoms. The fraction of sp³-hybridized carbons (Fsp3) is 0.615. The summed E-state index contributed by atoms with van der Waals surface area (Å²) < 4.78 is 0. The molecule has 3 nitrogen and oxygen atoms in total. The van der Waals surface area contributed by atoms with Crippen LogP contribution in [0.1, 0.15) is 32.0 Å². The maximum Gasteiger partial charge on any atom is 0.0447 e. The lowest BCUT2D eigenvalue weighted by Gasteiger charge is -2.29. The van der Waals surface area contributed by atoms with Crippen molar-refractivity contribution in [3.63, 3.8) is 0 Å². The molecule has 0 amide bonds. The van der Waals surface area contributed by atoms with Crippen LogP contribution in [-0.4, -0.2) is 24.6 Å². The largest absolute Gasteiger partial charge is 0.369 e. The predicted molar refractivity (Wildman–Crippen MR) is 69.9 cm³/mol. The number of pyridine rings is 1. The van der Waals surface area contributed by atoms with Crippen LogP contribution in [0, 0.1) is 6.92 Å². The average Bonchev–Trinajstić information content (AvgIpc) is 2.22. The van der Waals surface area contributed by atoms with E-state index < -0.39 is 0 Å². The van der Waals surface area contributed by atoms with Crippen molar-refractivity contribution >= 4 is 5.69 Å². The highest BCUT2D eigenvalue weighted by atomic mass is 15.2. The molecule has 3 heteroatoms. The summed E-state index contributed by atoms with van der Waals surface area (Å²) in [6.07, 6.45) is 1.98. The first kappa shape index (κ1) is 13.0. The smallest absolute Gasteiger partial charge is 0.0447 e. The van der Waals surface area contributed by atoms with Gasteiger partial charge >= 0.3 is 0 Å². The lowest BCUT2D eigenvalue weighted by atomic mass is 10.1. The Labute approximate surface area is 98.9 Å². The second-order valence-corrected chi connectivity index (χ2v) is 4.36. The summed E-state index contributed by atoms with van der Waals surface area (Å²) in [6, 6.07) is 2.69. The van der Waals surface area contributed by atoms with Crippen molar-refractivity contribution < 1.29 is 0 Å². The highest BCUT2D eigenvalue weighted by Gasteiger charge is 2.12. The molecule has 0 aliphatic rings. The summed E-state index contributed by atoms with van der Waals surface area (Å²) in [5.41, 5.74) is 3.65. The molecule has 1 N–H and O–H groups in total. The summed E-state index contributed by atoms with van der Waals surface area (Å²) in [6.45, 7) is 10.6. The van der Waals surface area contributed by atoms with Crippen molar-refractivity contribution in [1.82, 2.24) is 10.3 Å². The predicted octanol–water partition coefficient (Wildman–Crippen LogP) is 2.34. The van der Waals surface area contributed by atoms with Crippen molar-refractivity contribution in [2.75, 3.05) is 18.5 Å². The van der Waals surface area contributed by atoms with Gasteiger partial charge in [0.1, 0.15) is 0 Å². The molecule has 0 unspecified atom stereocenters. The number of aromatic nitrogens is 1. The zero-order valence-electron chi connectivity index (χ0n) is 11.0. The molecule has 0 aliphatic carbocycles. The molecule has 0 aliphatic heterocycles. The van der Waals surface area contributed by atoms with Gasteiger partial charge in [-0.1, -0.05) is 0 Å². The van der Waals surface area contributed by atoms with E-state index in [1.165, 1.54) is 11.3 Å². The summed E-state index contributed by atoms with van der Waals surface area (Å²) in [4.78, 5) is 6.77. The summed E-state index contributed by atoms with van der Waals surface area (Å²) in [7, 11) is 1.97.